The van der Waals surface area contributed by atoms with E-state index in [4.69, 9.17) is 11.5 Å². The van der Waals surface area contributed by atoms with Crippen molar-refractivity contribution >= 4 is 0 Å². The third-order valence-electron chi connectivity index (χ3n) is 1.69. The van der Waals surface area contributed by atoms with Crippen molar-refractivity contribution in [1.82, 2.24) is 0 Å². The SMILES string of the molecule is C#Cc1ccccc1C[C@H](C)O. The Morgan fingerprint density at radius 2 is 2.17 bits per heavy atom. The van der Waals surface area contributed by atoms with Gasteiger partial charge in [0.25, 0.3) is 0 Å². The molecule has 0 saturated carbocycles. The summed E-state index contributed by atoms with van der Waals surface area (Å²) in [5.74, 6) is 2.59. The summed E-state index contributed by atoms with van der Waals surface area (Å²) >= 11 is 0. The highest BCUT2D eigenvalue weighted by Gasteiger charge is 2.01. The second kappa shape index (κ2) is 3.94. The van der Waals surface area contributed by atoms with Crippen molar-refractivity contribution in [3.05, 3.63) is 35.4 Å². The Kier molecular flexibility index (Phi) is 2.90. The monoisotopic (exact) mass is 160 g/mol. The van der Waals surface area contributed by atoms with E-state index >= 15 is 0 Å². The van der Waals surface area contributed by atoms with Crippen molar-refractivity contribution in [2.24, 2.45) is 0 Å². The van der Waals surface area contributed by atoms with Crippen LogP contribution in [0.1, 0.15) is 18.1 Å². The fraction of sp³-hybridized carbons (Fsp3) is 0.273. The largest absolute Gasteiger partial charge is 0.393 e. The first-order valence-corrected chi connectivity index (χ1v) is 3.96. The lowest BCUT2D eigenvalue weighted by atomic mass is 10.0. The topological polar surface area (TPSA) is 20.2 Å². The quantitative estimate of drug-likeness (QED) is 0.651. The smallest absolute Gasteiger partial charge is 0.0552 e. The minimum atomic E-state index is -0.334. The third-order valence-corrected chi connectivity index (χ3v) is 1.69. The molecular formula is C11H12O. The maximum Gasteiger partial charge on any atom is 0.0552 e. The average molecular weight is 160 g/mol. The fourth-order valence-electron chi connectivity index (χ4n) is 1.16. The lowest BCUT2D eigenvalue weighted by molar-refractivity contribution is 0.195. The standard InChI is InChI=1S/C11H12O/c1-3-10-6-4-5-7-11(10)8-9(2)12/h1,4-7,9,12H,8H2,2H3/t9-/m0/s1. The third kappa shape index (κ3) is 2.11. The molecule has 1 atom stereocenters. The molecule has 0 heterocycles. The molecule has 0 aliphatic heterocycles. The molecule has 1 N–H and O–H groups in total. The number of benzene rings is 1. The molecule has 0 aliphatic carbocycles. The normalized spacial score (nSPS) is 12.1. The summed E-state index contributed by atoms with van der Waals surface area (Å²) in [5.41, 5.74) is 1.91. The highest BCUT2D eigenvalue weighted by molar-refractivity contribution is 5.39. The van der Waals surface area contributed by atoms with Gasteiger partial charge in [0.1, 0.15) is 0 Å². The van der Waals surface area contributed by atoms with E-state index in [9.17, 15) is 0 Å². The van der Waals surface area contributed by atoms with Gasteiger partial charge in [0, 0.05) is 5.56 Å². The molecule has 1 aromatic carbocycles. The number of aliphatic hydroxyl groups is 1. The summed E-state index contributed by atoms with van der Waals surface area (Å²) < 4.78 is 0. The van der Waals surface area contributed by atoms with Gasteiger partial charge >= 0.3 is 0 Å². The first-order chi connectivity index (χ1) is 5.74. The minimum absolute atomic E-state index is 0.334. The van der Waals surface area contributed by atoms with Crippen LogP contribution in [0, 0.1) is 12.3 Å². The number of aliphatic hydroxyl groups excluding tert-OH is 1. The molecule has 0 bridgehead atoms. The summed E-state index contributed by atoms with van der Waals surface area (Å²) in [4.78, 5) is 0. The molecule has 0 aliphatic rings. The number of rotatable bonds is 2. The maximum atomic E-state index is 9.16. The van der Waals surface area contributed by atoms with E-state index in [1.807, 2.05) is 24.3 Å². The molecule has 1 heteroatoms. The molecule has 0 fully saturated rings. The van der Waals surface area contributed by atoms with Crippen molar-refractivity contribution in [3.63, 3.8) is 0 Å². The second-order valence-electron chi connectivity index (χ2n) is 2.85. The molecule has 0 saturated heterocycles. The maximum absolute atomic E-state index is 9.16. The average Bonchev–Trinajstić information content (AvgIpc) is 2.04. The molecular weight excluding hydrogens is 148 g/mol. The summed E-state index contributed by atoms with van der Waals surface area (Å²) in [6.45, 7) is 1.76. The van der Waals surface area contributed by atoms with Crippen molar-refractivity contribution in [2.45, 2.75) is 19.4 Å². The van der Waals surface area contributed by atoms with Crippen LogP contribution in [0.4, 0.5) is 0 Å². The van der Waals surface area contributed by atoms with E-state index in [2.05, 4.69) is 5.92 Å². The van der Waals surface area contributed by atoms with Crippen LogP contribution in [0.5, 0.6) is 0 Å². The Morgan fingerprint density at radius 3 is 2.75 bits per heavy atom. The predicted octanol–water partition coefficient (Wildman–Crippen LogP) is 1.59. The van der Waals surface area contributed by atoms with Crippen LogP contribution in [0.25, 0.3) is 0 Å². The minimum Gasteiger partial charge on any atom is -0.393 e. The molecule has 1 nitrogen and oxygen atoms in total. The van der Waals surface area contributed by atoms with Crippen molar-refractivity contribution in [3.8, 4) is 12.3 Å². The van der Waals surface area contributed by atoms with E-state index in [1.54, 1.807) is 6.92 Å². The van der Waals surface area contributed by atoms with Crippen molar-refractivity contribution < 1.29 is 5.11 Å². The number of terminal acetylenes is 1. The highest BCUT2D eigenvalue weighted by Crippen LogP contribution is 2.09. The molecule has 0 aromatic heterocycles. The van der Waals surface area contributed by atoms with Crippen molar-refractivity contribution in [1.29, 1.82) is 0 Å². The Morgan fingerprint density at radius 1 is 1.50 bits per heavy atom. The van der Waals surface area contributed by atoms with Gasteiger partial charge in [0.05, 0.1) is 6.10 Å². The molecule has 1 aromatic rings. The van der Waals surface area contributed by atoms with Gasteiger partial charge in [-0.1, -0.05) is 24.1 Å². The van der Waals surface area contributed by atoms with Gasteiger partial charge in [-0.2, -0.15) is 0 Å². The highest BCUT2D eigenvalue weighted by atomic mass is 16.3. The molecule has 1 rings (SSSR count). The van der Waals surface area contributed by atoms with Gasteiger partial charge in [-0.05, 0) is 25.0 Å². The molecule has 0 radical (unpaired) electrons. The summed E-state index contributed by atoms with van der Waals surface area (Å²) in [7, 11) is 0. The predicted molar refractivity (Wildman–Crippen MR) is 49.8 cm³/mol. The molecule has 0 amide bonds. The van der Waals surface area contributed by atoms with Crippen LogP contribution in [0.2, 0.25) is 0 Å². The zero-order valence-corrected chi connectivity index (χ0v) is 7.12. The zero-order chi connectivity index (χ0) is 8.97. The molecule has 62 valence electrons. The van der Waals surface area contributed by atoms with Gasteiger partial charge in [-0.15, -0.1) is 6.42 Å². The molecule has 12 heavy (non-hydrogen) atoms. The van der Waals surface area contributed by atoms with Gasteiger partial charge in [-0.3, -0.25) is 0 Å². The Hall–Kier alpha value is -1.26. The molecule has 0 spiro atoms. The summed E-state index contributed by atoms with van der Waals surface area (Å²) in [5, 5.41) is 9.16. The van der Waals surface area contributed by atoms with Gasteiger partial charge in [0.2, 0.25) is 0 Å². The Labute approximate surface area is 73.0 Å². The van der Waals surface area contributed by atoms with Crippen LogP contribution in [0.15, 0.2) is 24.3 Å². The van der Waals surface area contributed by atoms with E-state index in [1.165, 1.54) is 0 Å². The molecule has 0 unspecified atom stereocenters. The Balaban J connectivity index is 2.91. The Bertz CT molecular complexity index is 294. The van der Waals surface area contributed by atoms with Crippen LogP contribution < -0.4 is 0 Å². The van der Waals surface area contributed by atoms with Crippen LogP contribution in [-0.4, -0.2) is 11.2 Å². The number of hydrogen-bond acceptors (Lipinski definition) is 1. The van der Waals surface area contributed by atoms with Gasteiger partial charge < -0.3 is 5.11 Å². The number of hydrogen-bond donors (Lipinski definition) is 1. The van der Waals surface area contributed by atoms with E-state index in [0.29, 0.717) is 6.42 Å². The van der Waals surface area contributed by atoms with Gasteiger partial charge in [-0.25, -0.2) is 0 Å². The van der Waals surface area contributed by atoms with E-state index in [-0.39, 0.29) is 6.10 Å². The van der Waals surface area contributed by atoms with Crippen LogP contribution in [-0.2, 0) is 6.42 Å². The van der Waals surface area contributed by atoms with Crippen molar-refractivity contribution in [2.75, 3.05) is 0 Å². The summed E-state index contributed by atoms with van der Waals surface area (Å²) in [6, 6.07) is 7.67. The second-order valence-corrected chi connectivity index (χ2v) is 2.85. The fourth-order valence-corrected chi connectivity index (χ4v) is 1.16. The van der Waals surface area contributed by atoms with Gasteiger partial charge in [0.15, 0.2) is 0 Å². The lowest BCUT2D eigenvalue weighted by Crippen LogP contribution is -2.05. The van der Waals surface area contributed by atoms with Crippen LogP contribution >= 0.6 is 0 Å². The summed E-state index contributed by atoms with van der Waals surface area (Å²) in [6.07, 6.45) is 5.59. The van der Waals surface area contributed by atoms with E-state index in [0.717, 1.165) is 11.1 Å². The lowest BCUT2D eigenvalue weighted by Gasteiger charge is -2.05. The van der Waals surface area contributed by atoms with Crippen LogP contribution in [0.3, 0.4) is 0 Å². The zero-order valence-electron chi connectivity index (χ0n) is 7.12. The van der Waals surface area contributed by atoms with E-state index < -0.39 is 0 Å². The first-order valence-electron chi connectivity index (χ1n) is 3.96. The first kappa shape index (κ1) is 8.83.